The molecule has 6 heteroatoms. The average molecular weight is 340 g/mol. The highest BCUT2D eigenvalue weighted by molar-refractivity contribution is 6.04. The van der Waals surface area contributed by atoms with Gasteiger partial charge in [0.05, 0.1) is 25.8 Å². The number of benzene rings is 2. The van der Waals surface area contributed by atoms with Crippen molar-refractivity contribution in [1.82, 2.24) is 0 Å². The Bertz CT molecular complexity index is 776. The van der Waals surface area contributed by atoms with Gasteiger partial charge in [0.2, 0.25) is 11.8 Å². The van der Waals surface area contributed by atoms with E-state index in [2.05, 4.69) is 5.32 Å². The number of ether oxygens (including phenoxy) is 2. The molecule has 130 valence electrons. The predicted octanol–water partition coefficient (Wildman–Crippen LogP) is 2.70. The fraction of sp³-hybridized carbons (Fsp3) is 0.263. The molecule has 1 aliphatic heterocycles. The average Bonchev–Trinajstić information content (AvgIpc) is 3.03. The monoisotopic (exact) mass is 340 g/mol. The Morgan fingerprint density at radius 1 is 1.12 bits per heavy atom. The van der Waals surface area contributed by atoms with Crippen molar-refractivity contribution in [3.8, 4) is 11.5 Å². The van der Waals surface area contributed by atoms with Gasteiger partial charge in [-0.2, -0.15) is 0 Å². The zero-order chi connectivity index (χ0) is 17.8. The molecule has 1 heterocycles. The van der Waals surface area contributed by atoms with E-state index in [9.17, 15) is 9.59 Å². The first kappa shape index (κ1) is 16.8. The molecular weight excluding hydrogens is 320 g/mol. The molecular formula is C19H20N2O4. The van der Waals surface area contributed by atoms with Gasteiger partial charge in [-0.25, -0.2) is 0 Å². The Balaban J connectivity index is 1.75. The van der Waals surface area contributed by atoms with Crippen LogP contribution >= 0.6 is 0 Å². The second-order valence-corrected chi connectivity index (χ2v) is 5.80. The van der Waals surface area contributed by atoms with Crippen molar-refractivity contribution >= 4 is 23.2 Å². The number of methoxy groups -OCH3 is 2. The van der Waals surface area contributed by atoms with E-state index in [1.54, 1.807) is 37.3 Å². The van der Waals surface area contributed by atoms with Crippen LogP contribution in [-0.2, 0) is 9.59 Å². The van der Waals surface area contributed by atoms with E-state index in [4.69, 9.17) is 9.47 Å². The molecule has 1 saturated heterocycles. The second kappa shape index (κ2) is 7.25. The molecule has 1 aliphatic rings. The largest absolute Gasteiger partial charge is 0.497 e. The molecule has 3 rings (SSSR count). The second-order valence-electron chi connectivity index (χ2n) is 5.80. The van der Waals surface area contributed by atoms with E-state index >= 15 is 0 Å². The first-order chi connectivity index (χ1) is 12.1. The Labute approximate surface area is 146 Å². The molecule has 6 nitrogen and oxygen atoms in total. The van der Waals surface area contributed by atoms with E-state index in [1.807, 2.05) is 30.3 Å². The standard InChI is InChI=1S/C19H20N2O4/c1-24-15-8-9-16(17(11-15)25-2)21-12-13(10-18(21)22)19(23)20-14-6-4-3-5-7-14/h3-9,11,13H,10,12H2,1-2H3,(H,20,23)/t13-/m0/s1. The van der Waals surface area contributed by atoms with Crippen LogP contribution in [0, 0.1) is 5.92 Å². The maximum absolute atomic E-state index is 12.5. The molecule has 2 aromatic rings. The van der Waals surface area contributed by atoms with Crippen LogP contribution < -0.4 is 19.7 Å². The number of carbonyl (C=O) groups excluding carboxylic acids is 2. The molecule has 2 amide bonds. The van der Waals surface area contributed by atoms with Crippen LogP contribution in [-0.4, -0.2) is 32.6 Å². The predicted molar refractivity (Wildman–Crippen MR) is 95.1 cm³/mol. The van der Waals surface area contributed by atoms with Gasteiger partial charge in [-0.3, -0.25) is 9.59 Å². The van der Waals surface area contributed by atoms with Crippen LogP contribution in [0.25, 0.3) is 0 Å². The number of amides is 2. The molecule has 0 unspecified atom stereocenters. The highest BCUT2D eigenvalue weighted by Crippen LogP contribution is 2.36. The molecule has 0 saturated carbocycles. The first-order valence-corrected chi connectivity index (χ1v) is 8.00. The molecule has 0 bridgehead atoms. The third-order valence-electron chi connectivity index (χ3n) is 4.21. The Morgan fingerprint density at radius 3 is 2.56 bits per heavy atom. The van der Waals surface area contributed by atoms with Crippen molar-refractivity contribution in [2.24, 2.45) is 5.92 Å². The highest BCUT2D eigenvalue weighted by Gasteiger charge is 2.36. The lowest BCUT2D eigenvalue weighted by Crippen LogP contribution is -2.28. The molecule has 0 aromatic heterocycles. The lowest BCUT2D eigenvalue weighted by Gasteiger charge is -2.20. The van der Waals surface area contributed by atoms with Gasteiger partial charge in [0.1, 0.15) is 11.5 Å². The van der Waals surface area contributed by atoms with Gasteiger partial charge in [0, 0.05) is 24.7 Å². The highest BCUT2D eigenvalue weighted by atomic mass is 16.5. The van der Waals surface area contributed by atoms with E-state index < -0.39 is 5.92 Å². The van der Waals surface area contributed by atoms with Gasteiger partial charge in [-0.05, 0) is 24.3 Å². The van der Waals surface area contributed by atoms with E-state index in [-0.39, 0.29) is 18.2 Å². The summed E-state index contributed by atoms with van der Waals surface area (Å²) >= 11 is 0. The lowest BCUT2D eigenvalue weighted by molar-refractivity contribution is -0.122. The van der Waals surface area contributed by atoms with Gasteiger partial charge in [0.15, 0.2) is 0 Å². The number of rotatable bonds is 5. The number of nitrogens with one attached hydrogen (secondary N) is 1. The molecule has 1 N–H and O–H groups in total. The topological polar surface area (TPSA) is 67.9 Å². The van der Waals surface area contributed by atoms with Crippen molar-refractivity contribution < 1.29 is 19.1 Å². The molecule has 1 atom stereocenters. The van der Waals surface area contributed by atoms with Crippen molar-refractivity contribution in [3.63, 3.8) is 0 Å². The minimum absolute atomic E-state index is 0.100. The zero-order valence-corrected chi connectivity index (χ0v) is 14.2. The quantitative estimate of drug-likeness (QED) is 0.909. The van der Waals surface area contributed by atoms with Crippen LogP contribution in [0.4, 0.5) is 11.4 Å². The smallest absolute Gasteiger partial charge is 0.229 e. The Morgan fingerprint density at radius 2 is 1.88 bits per heavy atom. The fourth-order valence-corrected chi connectivity index (χ4v) is 2.89. The molecule has 25 heavy (non-hydrogen) atoms. The number of anilines is 2. The summed E-state index contributed by atoms with van der Waals surface area (Å²) in [5, 5.41) is 2.85. The summed E-state index contributed by atoms with van der Waals surface area (Å²) in [5.74, 6) is 0.521. The molecule has 0 aliphatic carbocycles. The fourth-order valence-electron chi connectivity index (χ4n) is 2.89. The van der Waals surface area contributed by atoms with Gasteiger partial charge < -0.3 is 19.7 Å². The summed E-state index contributed by atoms with van der Waals surface area (Å²) in [7, 11) is 3.11. The number of hydrogen-bond acceptors (Lipinski definition) is 4. The third kappa shape index (κ3) is 3.57. The summed E-state index contributed by atoms with van der Waals surface area (Å²) in [4.78, 5) is 26.5. The van der Waals surface area contributed by atoms with E-state index in [0.29, 0.717) is 23.7 Å². The van der Waals surface area contributed by atoms with Crippen LogP contribution in [0.1, 0.15) is 6.42 Å². The molecule has 2 aromatic carbocycles. The summed E-state index contributed by atoms with van der Waals surface area (Å²) < 4.78 is 10.5. The summed E-state index contributed by atoms with van der Waals surface area (Å²) in [6.07, 6.45) is 0.174. The minimum atomic E-state index is -0.403. The molecule has 0 radical (unpaired) electrons. The Kier molecular flexibility index (Phi) is 4.88. The molecule has 0 spiro atoms. The van der Waals surface area contributed by atoms with Crippen LogP contribution in [0.2, 0.25) is 0 Å². The van der Waals surface area contributed by atoms with Crippen LogP contribution in [0.3, 0.4) is 0 Å². The van der Waals surface area contributed by atoms with Gasteiger partial charge in [-0.15, -0.1) is 0 Å². The van der Waals surface area contributed by atoms with E-state index in [1.165, 1.54) is 0 Å². The minimum Gasteiger partial charge on any atom is -0.497 e. The number of hydrogen-bond donors (Lipinski definition) is 1. The van der Waals surface area contributed by atoms with Gasteiger partial charge in [-0.1, -0.05) is 18.2 Å². The van der Waals surface area contributed by atoms with Crippen molar-refractivity contribution in [1.29, 1.82) is 0 Å². The summed E-state index contributed by atoms with van der Waals surface area (Å²) in [5.41, 5.74) is 1.36. The number of nitrogens with zero attached hydrogens (tertiary/aromatic N) is 1. The van der Waals surface area contributed by atoms with Crippen molar-refractivity contribution in [2.45, 2.75) is 6.42 Å². The SMILES string of the molecule is COc1ccc(N2C[C@@H](C(=O)Nc3ccccc3)CC2=O)c(OC)c1. The van der Waals surface area contributed by atoms with Crippen LogP contribution in [0.5, 0.6) is 11.5 Å². The molecule has 1 fully saturated rings. The normalized spacial score (nSPS) is 16.6. The summed E-state index contributed by atoms with van der Waals surface area (Å²) in [6.45, 7) is 0.320. The maximum Gasteiger partial charge on any atom is 0.229 e. The van der Waals surface area contributed by atoms with Crippen molar-refractivity contribution in [2.75, 3.05) is 31.0 Å². The number of carbonyl (C=O) groups is 2. The zero-order valence-electron chi connectivity index (χ0n) is 14.2. The number of para-hydroxylation sites is 1. The third-order valence-corrected chi connectivity index (χ3v) is 4.21. The van der Waals surface area contributed by atoms with Gasteiger partial charge in [0.25, 0.3) is 0 Å². The van der Waals surface area contributed by atoms with Crippen molar-refractivity contribution in [3.05, 3.63) is 48.5 Å². The summed E-state index contributed by atoms with van der Waals surface area (Å²) in [6, 6.07) is 14.5. The van der Waals surface area contributed by atoms with Gasteiger partial charge >= 0.3 is 0 Å². The van der Waals surface area contributed by atoms with E-state index in [0.717, 1.165) is 5.69 Å². The first-order valence-electron chi connectivity index (χ1n) is 8.00. The lowest BCUT2D eigenvalue weighted by atomic mass is 10.1. The Hall–Kier alpha value is -3.02. The van der Waals surface area contributed by atoms with Crippen LogP contribution in [0.15, 0.2) is 48.5 Å². The maximum atomic E-state index is 12.5.